The van der Waals surface area contributed by atoms with Crippen LogP contribution in [0.25, 0.3) is 11.3 Å². The first kappa shape index (κ1) is 19.4. The Morgan fingerprint density at radius 2 is 2.10 bits per heavy atom. The number of nitrogens with one attached hydrogen (secondary N) is 1. The Morgan fingerprint density at radius 3 is 2.87 bits per heavy atom. The Hall–Kier alpha value is -3.56. The zero-order valence-electron chi connectivity index (χ0n) is 16.8. The summed E-state index contributed by atoms with van der Waals surface area (Å²) in [6.07, 6.45) is 7.43. The van der Waals surface area contributed by atoms with Gasteiger partial charge in [0.05, 0.1) is 30.0 Å². The van der Waals surface area contributed by atoms with E-state index < -0.39 is 6.10 Å². The molecule has 4 aromatic rings. The minimum Gasteiger partial charge on any atom is -0.389 e. The van der Waals surface area contributed by atoms with Gasteiger partial charge in [-0.1, -0.05) is 12.1 Å². The number of fused-ring (bicyclic) bond motifs is 1. The molecule has 0 spiro atoms. The first-order valence-electron chi connectivity index (χ1n) is 10.2. The number of hydrogen-bond acceptors (Lipinski definition) is 6. The number of pyridine rings is 1. The van der Waals surface area contributed by atoms with Crippen molar-refractivity contribution in [3.63, 3.8) is 0 Å². The quantitative estimate of drug-likeness (QED) is 0.507. The molecule has 5 rings (SSSR count). The van der Waals surface area contributed by atoms with Gasteiger partial charge in [0.2, 0.25) is 0 Å². The van der Waals surface area contributed by atoms with Gasteiger partial charge >= 0.3 is 0 Å². The van der Waals surface area contributed by atoms with E-state index in [0.717, 1.165) is 16.8 Å². The second-order valence-corrected chi connectivity index (χ2v) is 7.59. The highest BCUT2D eigenvalue weighted by Crippen LogP contribution is 2.18. The van der Waals surface area contributed by atoms with Gasteiger partial charge in [-0.15, -0.1) is 0 Å². The van der Waals surface area contributed by atoms with Crippen molar-refractivity contribution in [2.75, 3.05) is 13.2 Å². The summed E-state index contributed by atoms with van der Waals surface area (Å²) in [5.74, 6) is -0.278. The molecule has 0 aliphatic carbocycles. The summed E-state index contributed by atoms with van der Waals surface area (Å²) in [6.45, 7) is 0.733. The predicted octanol–water partition coefficient (Wildman–Crippen LogP) is 1.39. The number of rotatable bonds is 5. The van der Waals surface area contributed by atoms with Crippen molar-refractivity contribution in [3.05, 3.63) is 78.0 Å². The summed E-state index contributed by atoms with van der Waals surface area (Å²) in [7, 11) is 0. The standard InChI is InChI=1S/C22H22N6O3/c29-20-13-31-9-6-19(20)26-22(30)18-11-16(12-28-21(18)23-14-25-28)10-15-2-4-17(5-3-15)27-8-1-7-24-27/h1-5,7-8,11-12,14,19-20,29H,6,9-10,13H2,(H,26,30)/t19-,20-/m0/s1. The number of carbonyl (C=O) groups is 1. The Labute approximate surface area is 178 Å². The molecule has 31 heavy (non-hydrogen) atoms. The van der Waals surface area contributed by atoms with E-state index in [9.17, 15) is 9.90 Å². The highest BCUT2D eigenvalue weighted by atomic mass is 16.5. The van der Waals surface area contributed by atoms with Gasteiger partial charge < -0.3 is 15.2 Å². The van der Waals surface area contributed by atoms with Crippen LogP contribution < -0.4 is 5.32 Å². The number of aliphatic hydroxyl groups excluding tert-OH is 1. The number of aromatic nitrogens is 5. The van der Waals surface area contributed by atoms with Crippen LogP contribution in [0, 0.1) is 0 Å². The average molecular weight is 418 g/mol. The molecular weight excluding hydrogens is 396 g/mol. The maximum Gasteiger partial charge on any atom is 0.255 e. The zero-order chi connectivity index (χ0) is 21.2. The average Bonchev–Trinajstić information content (AvgIpc) is 3.47. The Morgan fingerprint density at radius 1 is 1.23 bits per heavy atom. The Bertz CT molecular complexity index is 1190. The molecule has 1 aromatic carbocycles. The molecule has 0 saturated carbocycles. The van der Waals surface area contributed by atoms with Crippen molar-refractivity contribution < 1.29 is 14.6 Å². The van der Waals surface area contributed by atoms with Crippen molar-refractivity contribution in [2.24, 2.45) is 0 Å². The molecule has 4 heterocycles. The van der Waals surface area contributed by atoms with Gasteiger partial charge in [-0.25, -0.2) is 14.2 Å². The molecule has 0 radical (unpaired) electrons. The summed E-state index contributed by atoms with van der Waals surface area (Å²) in [4.78, 5) is 17.2. The number of ether oxygens (including phenoxy) is 1. The van der Waals surface area contributed by atoms with Crippen LogP contribution in [0.2, 0.25) is 0 Å². The highest BCUT2D eigenvalue weighted by molar-refractivity contribution is 6.00. The summed E-state index contributed by atoms with van der Waals surface area (Å²) < 4.78 is 8.66. The van der Waals surface area contributed by atoms with Crippen LogP contribution >= 0.6 is 0 Å². The fraction of sp³-hybridized carbons (Fsp3) is 0.273. The van der Waals surface area contributed by atoms with Crippen molar-refractivity contribution in [2.45, 2.75) is 25.0 Å². The van der Waals surface area contributed by atoms with Crippen LogP contribution in [0.15, 0.2) is 61.3 Å². The van der Waals surface area contributed by atoms with Gasteiger partial charge in [-0.05, 0) is 48.2 Å². The lowest BCUT2D eigenvalue weighted by molar-refractivity contribution is -0.0260. The maximum atomic E-state index is 13.0. The maximum absolute atomic E-state index is 13.0. The van der Waals surface area contributed by atoms with Gasteiger partial charge in [-0.2, -0.15) is 10.2 Å². The number of amides is 1. The topological polar surface area (TPSA) is 107 Å². The molecule has 2 N–H and O–H groups in total. The Kier molecular flexibility index (Phi) is 5.19. The van der Waals surface area contributed by atoms with Crippen LogP contribution in [0.1, 0.15) is 27.9 Å². The van der Waals surface area contributed by atoms with E-state index in [4.69, 9.17) is 4.74 Å². The number of nitrogens with zero attached hydrogens (tertiary/aromatic N) is 5. The third kappa shape index (κ3) is 4.05. The van der Waals surface area contributed by atoms with Gasteiger partial charge in [0.15, 0.2) is 5.65 Å². The Balaban J connectivity index is 1.39. The highest BCUT2D eigenvalue weighted by Gasteiger charge is 2.26. The van der Waals surface area contributed by atoms with E-state index in [2.05, 4.69) is 20.5 Å². The normalized spacial score (nSPS) is 18.9. The van der Waals surface area contributed by atoms with Crippen molar-refractivity contribution in [3.8, 4) is 5.69 Å². The molecule has 1 aliphatic rings. The molecule has 0 bridgehead atoms. The van der Waals surface area contributed by atoms with E-state index in [1.54, 1.807) is 15.4 Å². The van der Waals surface area contributed by atoms with E-state index in [0.29, 0.717) is 30.7 Å². The first-order valence-corrected chi connectivity index (χ1v) is 10.2. The lowest BCUT2D eigenvalue weighted by Gasteiger charge is -2.28. The summed E-state index contributed by atoms with van der Waals surface area (Å²) >= 11 is 0. The second kappa shape index (κ2) is 8.29. The molecule has 1 amide bonds. The van der Waals surface area contributed by atoms with Crippen molar-refractivity contribution in [1.82, 2.24) is 29.7 Å². The number of hydrogen-bond donors (Lipinski definition) is 2. The van der Waals surface area contributed by atoms with E-state index in [-0.39, 0.29) is 18.6 Å². The molecule has 1 saturated heterocycles. The van der Waals surface area contributed by atoms with Gasteiger partial charge in [0.1, 0.15) is 6.33 Å². The SMILES string of the molecule is O=C(N[C@H]1CCOC[C@@H]1O)c1cc(Cc2ccc(-n3cccn3)cc2)cn2ncnc12. The monoisotopic (exact) mass is 418 g/mol. The third-order valence-corrected chi connectivity index (χ3v) is 5.43. The lowest BCUT2D eigenvalue weighted by atomic mass is 10.0. The molecule has 2 atom stereocenters. The van der Waals surface area contributed by atoms with Crippen LogP contribution in [-0.2, 0) is 11.2 Å². The lowest BCUT2D eigenvalue weighted by Crippen LogP contribution is -2.48. The zero-order valence-corrected chi connectivity index (χ0v) is 16.8. The molecule has 1 fully saturated rings. The first-order chi connectivity index (χ1) is 15.2. The molecule has 3 aromatic heterocycles. The molecule has 9 nitrogen and oxygen atoms in total. The van der Waals surface area contributed by atoms with E-state index in [1.165, 1.54) is 6.33 Å². The van der Waals surface area contributed by atoms with Crippen molar-refractivity contribution >= 4 is 11.6 Å². The summed E-state index contributed by atoms with van der Waals surface area (Å²) in [5, 5.41) is 21.5. The summed E-state index contributed by atoms with van der Waals surface area (Å²) in [6, 6.07) is 11.5. The van der Waals surface area contributed by atoms with Crippen LogP contribution in [-0.4, -0.2) is 60.8 Å². The molecule has 158 valence electrons. The molecule has 1 aliphatic heterocycles. The van der Waals surface area contributed by atoms with Gasteiger partial charge in [0.25, 0.3) is 5.91 Å². The van der Waals surface area contributed by atoms with Crippen LogP contribution in [0.5, 0.6) is 0 Å². The largest absolute Gasteiger partial charge is 0.389 e. The fourth-order valence-corrected chi connectivity index (χ4v) is 3.81. The minimum atomic E-state index is -0.719. The van der Waals surface area contributed by atoms with E-state index in [1.807, 2.05) is 48.8 Å². The fourth-order valence-electron chi connectivity index (χ4n) is 3.81. The predicted molar refractivity (Wildman–Crippen MR) is 112 cm³/mol. The number of carbonyl (C=O) groups excluding carboxylic acids is 1. The molecular formula is C22H22N6O3. The van der Waals surface area contributed by atoms with E-state index >= 15 is 0 Å². The van der Waals surface area contributed by atoms with Crippen molar-refractivity contribution in [1.29, 1.82) is 0 Å². The molecule has 0 unspecified atom stereocenters. The number of benzene rings is 1. The smallest absolute Gasteiger partial charge is 0.255 e. The van der Waals surface area contributed by atoms with Gasteiger partial charge in [0, 0.05) is 25.2 Å². The molecule has 9 heteroatoms. The number of aliphatic hydroxyl groups is 1. The second-order valence-electron chi connectivity index (χ2n) is 7.59. The van der Waals surface area contributed by atoms with Gasteiger partial charge in [-0.3, -0.25) is 4.79 Å². The third-order valence-electron chi connectivity index (χ3n) is 5.43. The van der Waals surface area contributed by atoms with Crippen LogP contribution in [0.3, 0.4) is 0 Å². The summed E-state index contributed by atoms with van der Waals surface area (Å²) in [5.41, 5.74) is 3.93. The van der Waals surface area contributed by atoms with Crippen LogP contribution in [0.4, 0.5) is 0 Å². The minimum absolute atomic E-state index is 0.222.